The number of hydrogen-bond donors (Lipinski definition) is 4. The molecule has 1 aromatic rings. The molecule has 0 radical (unpaired) electrons. The van der Waals surface area contributed by atoms with Crippen molar-refractivity contribution in [3.8, 4) is 5.75 Å². The van der Waals surface area contributed by atoms with Gasteiger partial charge in [-0.3, -0.25) is 0 Å². The fourth-order valence-corrected chi connectivity index (χ4v) is 1.23. The first-order valence-electron chi connectivity index (χ1n) is 5.14. The van der Waals surface area contributed by atoms with Gasteiger partial charge in [0.1, 0.15) is 11.3 Å². The van der Waals surface area contributed by atoms with E-state index in [-0.39, 0.29) is 17.0 Å². The Morgan fingerprint density at radius 2 is 2.11 bits per heavy atom. The molecule has 0 aliphatic heterocycles. The lowest BCUT2D eigenvalue weighted by Crippen LogP contribution is -2.31. The van der Waals surface area contributed by atoms with E-state index in [1.165, 1.54) is 25.3 Å². The predicted octanol–water partition coefficient (Wildman–Crippen LogP) is 0.858. The normalized spacial score (nSPS) is 9.83. The van der Waals surface area contributed by atoms with Crippen molar-refractivity contribution < 1.29 is 24.5 Å². The number of methoxy groups -OCH3 is 1. The number of phenols is 1. The fourth-order valence-electron chi connectivity index (χ4n) is 1.23. The maximum Gasteiger partial charge on any atom is 0.339 e. The highest BCUT2D eigenvalue weighted by Crippen LogP contribution is 2.21. The zero-order valence-corrected chi connectivity index (χ0v) is 9.77. The third kappa shape index (κ3) is 3.95. The number of carbonyl (C=O) groups excluding carboxylic acids is 1. The van der Waals surface area contributed by atoms with Gasteiger partial charge in [0.05, 0.1) is 6.61 Å². The molecule has 0 saturated heterocycles. The number of carbonyl (C=O) groups is 2. The van der Waals surface area contributed by atoms with Crippen molar-refractivity contribution in [3.05, 3.63) is 23.8 Å². The van der Waals surface area contributed by atoms with Gasteiger partial charge in [0.25, 0.3) is 0 Å². The highest BCUT2D eigenvalue weighted by molar-refractivity contribution is 5.95. The molecule has 7 heteroatoms. The number of carboxylic acid groups (broad SMARTS) is 1. The first-order chi connectivity index (χ1) is 8.54. The van der Waals surface area contributed by atoms with Gasteiger partial charge in [-0.05, 0) is 18.2 Å². The van der Waals surface area contributed by atoms with Gasteiger partial charge < -0.3 is 25.6 Å². The number of urea groups is 1. The van der Waals surface area contributed by atoms with Gasteiger partial charge in [-0.15, -0.1) is 0 Å². The predicted molar refractivity (Wildman–Crippen MR) is 64.0 cm³/mol. The molecule has 4 N–H and O–H groups in total. The minimum Gasteiger partial charge on any atom is -0.507 e. The molecule has 1 aromatic carbocycles. The van der Waals surface area contributed by atoms with Crippen LogP contribution < -0.4 is 10.6 Å². The van der Waals surface area contributed by atoms with Crippen LogP contribution in [0, 0.1) is 0 Å². The molecule has 18 heavy (non-hydrogen) atoms. The summed E-state index contributed by atoms with van der Waals surface area (Å²) >= 11 is 0. The Balaban J connectivity index is 2.65. The second-order valence-electron chi connectivity index (χ2n) is 3.41. The zero-order valence-electron chi connectivity index (χ0n) is 9.77. The molecule has 0 heterocycles. The number of ether oxygens (including phenoxy) is 1. The van der Waals surface area contributed by atoms with Crippen LogP contribution in [0.2, 0.25) is 0 Å². The third-order valence-electron chi connectivity index (χ3n) is 2.08. The van der Waals surface area contributed by atoms with Crippen LogP contribution in [0.4, 0.5) is 10.5 Å². The average molecular weight is 254 g/mol. The number of benzene rings is 1. The third-order valence-corrected chi connectivity index (χ3v) is 2.08. The van der Waals surface area contributed by atoms with Crippen molar-refractivity contribution in [2.45, 2.75) is 0 Å². The summed E-state index contributed by atoms with van der Waals surface area (Å²) in [5.41, 5.74) is 0.00445. The van der Waals surface area contributed by atoms with Gasteiger partial charge >= 0.3 is 12.0 Å². The Hall–Kier alpha value is -2.28. The van der Waals surface area contributed by atoms with Crippen LogP contribution in [0.1, 0.15) is 10.4 Å². The minimum atomic E-state index is -1.27. The van der Waals surface area contributed by atoms with Gasteiger partial charge in [0.15, 0.2) is 0 Å². The molecule has 0 unspecified atom stereocenters. The first kappa shape index (κ1) is 13.8. The molecule has 0 aromatic heterocycles. The van der Waals surface area contributed by atoms with Gasteiger partial charge in [-0.1, -0.05) is 0 Å². The second kappa shape index (κ2) is 6.45. The van der Waals surface area contributed by atoms with E-state index in [1.54, 1.807) is 0 Å². The number of aromatic carboxylic acids is 1. The number of hydrogen-bond acceptors (Lipinski definition) is 4. The Bertz CT molecular complexity index is 447. The lowest BCUT2D eigenvalue weighted by atomic mass is 10.2. The van der Waals surface area contributed by atoms with Gasteiger partial charge in [-0.25, -0.2) is 9.59 Å². The summed E-state index contributed by atoms with van der Waals surface area (Å²) in [5.74, 6) is -1.62. The van der Waals surface area contributed by atoms with Crippen LogP contribution in [0.5, 0.6) is 5.75 Å². The number of anilines is 1. The molecule has 0 spiro atoms. The topological polar surface area (TPSA) is 108 Å². The van der Waals surface area contributed by atoms with Crippen LogP contribution in [0.15, 0.2) is 18.2 Å². The Morgan fingerprint density at radius 3 is 2.72 bits per heavy atom. The fraction of sp³-hybridized carbons (Fsp3) is 0.273. The molecule has 1 rings (SSSR count). The second-order valence-corrected chi connectivity index (χ2v) is 3.41. The van der Waals surface area contributed by atoms with E-state index in [4.69, 9.17) is 9.84 Å². The number of nitrogens with one attached hydrogen (secondary N) is 2. The molecule has 0 aliphatic rings. The van der Waals surface area contributed by atoms with Crippen molar-refractivity contribution in [1.29, 1.82) is 0 Å². The van der Waals surface area contributed by atoms with Crippen molar-refractivity contribution in [2.75, 3.05) is 25.6 Å². The van der Waals surface area contributed by atoms with E-state index in [9.17, 15) is 14.7 Å². The number of carboxylic acids is 1. The smallest absolute Gasteiger partial charge is 0.339 e. The van der Waals surface area contributed by atoms with Gasteiger partial charge in [-0.2, -0.15) is 0 Å². The lowest BCUT2D eigenvalue weighted by molar-refractivity contribution is 0.0693. The molecule has 7 nitrogen and oxygen atoms in total. The van der Waals surface area contributed by atoms with E-state index in [1.807, 2.05) is 0 Å². The maximum atomic E-state index is 11.4. The summed E-state index contributed by atoms with van der Waals surface area (Å²) in [7, 11) is 1.51. The van der Waals surface area contributed by atoms with Crippen molar-refractivity contribution >= 4 is 17.7 Å². The summed E-state index contributed by atoms with van der Waals surface area (Å²) in [6.07, 6.45) is 0. The summed E-state index contributed by atoms with van der Waals surface area (Å²) in [5, 5.41) is 23.0. The maximum absolute atomic E-state index is 11.4. The largest absolute Gasteiger partial charge is 0.507 e. The highest BCUT2D eigenvalue weighted by Gasteiger charge is 2.11. The molecule has 98 valence electrons. The van der Waals surface area contributed by atoms with Crippen LogP contribution in [-0.4, -0.2) is 42.5 Å². The molecule has 0 aliphatic carbocycles. The molecule has 0 bridgehead atoms. The average Bonchev–Trinajstić information content (AvgIpc) is 2.31. The minimum absolute atomic E-state index is 0.273. The number of aromatic hydroxyl groups is 1. The van der Waals surface area contributed by atoms with Gasteiger partial charge in [0.2, 0.25) is 0 Å². The zero-order chi connectivity index (χ0) is 13.5. The standard InChI is InChI=1S/C11H14N2O5/c1-18-5-4-12-11(17)13-7-2-3-9(14)8(6-7)10(15)16/h2-3,6,14H,4-5H2,1H3,(H,15,16)(H2,12,13,17). The Morgan fingerprint density at radius 1 is 1.39 bits per heavy atom. The molecule has 0 saturated carbocycles. The van der Waals surface area contributed by atoms with Crippen LogP contribution in [0.3, 0.4) is 0 Å². The van der Waals surface area contributed by atoms with E-state index in [0.29, 0.717) is 13.2 Å². The van der Waals surface area contributed by atoms with Crippen LogP contribution in [0.25, 0.3) is 0 Å². The first-order valence-corrected chi connectivity index (χ1v) is 5.14. The Labute approximate surface area is 103 Å². The summed E-state index contributed by atoms with van der Waals surface area (Å²) in [6, 6.07) is 3.30. The van der Waals surface area contributed by atoms with Crippen LogP contribution in [-0.2, 0) is 4.74 Å². The SMILES string of the molecule is COCCNC(=O)Nc1ccc(O)c(C(=O)O)c1. The van der Waals surface area contributed by atoms with Crippen molar-refractivity contribution in [3.63, 3.8) is 0 Å². The van der Waals surface area contributed by atoms with Crippen molar-refractivity contribution in [1.82, 2.24) is 5.32 Å². The van der Waals surface area contributed by atoms with E-state index in [2.05, 4.69) is 10.6 Å². The summed E-state index contributed by atoms with van der Waals surface area (Å²) in [6.45, 7) is 0.718. The van der Waals surface area contributed by atoms with Crippen LogP contribution >= 0.6 is 0 Å². The van der Waals surface area contributed by atoms with Gasteiger partial charge in [0, 0.05) is 19.3 Å². The Kier molecular flexibility index (Phi) is 4.94. The number of rotatable bonds is 5. The monoisotopic (exact) mass is 254 g/mol. The molecule has 2 amide bonds. The van der Waals surface area contributed by atoms with E-state index < -0.39 is 12.0 Å². The molecule has 0 fully saturated rings. The van der Waals surface area contributed by atoms with E-state index >= 15 is 0 Å². The lowest BCUT2D eigenvalue weighted by Gasteiger charge is -2.08. The molecular weight excluding hydrogens is 240 g/mol. The molecular formula is C11H14N2O5. The highest BCUT2D eigenvalue weighted by atomic mass is 16.5. The summed E-state index contributed by atoms with van der Waals surface area (Å²) in [4.78, 5) is 22.1. The van der Waals surface area contributed by atoms with Crippen molar-refractivity contribution in [2.24, 2.45) is 0 Å². The quantitative estimate of drug-likeness (QED) is 0.460. The molecule has 0 atom stereocenters. The van der Waals surface area contributed by atoms with E-state index in [0.717, 1.165) is 0 Å². The number of amides is 2. The summed E-state index contributed by atoms with van der Waals surface area (Å²) < 4.78 is 4.76.